The molecule has 2 aromatic carbocycles. The number of allylic oxidation sites excluding steroid dienone is 1. The fourth-order valence-electron chi connectivity index (χ4n) is 3.82. The maximum absolute atomic E-state index is 13.1. The molecule has 0 aliphatic carbocycles. The van der Waals surface area contributed by atoms with Crippen LogP contribution >= 0.6 is 11.6 Å². The number of para-hydroxylation sites is 2. The van der Waals surface area contributed by atoms with Gasteiger partial charge < -0.3 is 10.1 Å². The quantitative estimate of drug-likeness (QED) is 0.418. The molecule has 2 heterocycles. The molecule has 29 heavy (non-hydrogen) atoms. The first kappa shape index (κ1) is 19.5. The van der Waals surface area contributed by atoms with E-state index in [1.165, 1.54) is 0 Å². The zero-order valence-electron chi connectivity index (χ0n) is 16.6. The van der Waals surface area contributed by atoms with Crippen molar-refractivity contribution in [2.45, 2.75) is 39.2 Å². The maximum Gasteiger partial charge on any atom is 0.338 e. The molecule has 1 aromatic heterocycles. The molecular weight excluding hydrogens is 386 g/mol. The van der Waals surface area contributed by atoms with E-state index in [1.807, 2.05) is 55.5 Å². The van der Waals surface area contributed by atoms with Gasteiger partial charge in [0.25, 0.3) is 0 Å². The van der Waals surface area contributed by atoms with Gasteiger partial charge in [-0.1, -0.05) is 55.6 Å². The summed E-state index contributed by atoms with van der Waals surface area (Å²) in [4.78, 5) is 17.8. The highest BCUT2D eigenvalue weighted by atomic mass is 35.5. The summed E-state index contributed by atoms with van der Waals surface area (Å²) in [6.07, 6.45) is 2.98. The predicted octanol–water partition coefficient (Wildman–Crippen LogP) is 5.71. The lowest BCUT2D eigenvalue weighted by Crippen LogP contribution is -2.29. The number of benzene rings is 2. The molecule has 0 fully saturated rings. The third-order valence-corrected chi connectivity index (χ3v) is 5.43. The van der Waals surface area contributed by atoms with Crippen LogP contribution in [0.1, 0.15) is 44.7 Å². The SMILES string of the molecule is CCCCCOC(=O)C1=C(C)Nc2nc3ccccc3n2[C@@H]1c1cccc(Cl)c1. The Morgan fingerprint density at radius 3 is 2.83 bits per heavy atom. The number of nitrogens with one attached hydrogen (secondary N) is 1. The standard InChI is InChI=1S/C23H24ClN3O2/c1-3-4-7-13-29-22(28)20-15(2)25-23-26-18-11-5-6-12-19(18)27(23)21(20)16-9-8-10-17(24)14-16/h5-6,8-12,14,21H,3-4,7,13H2,1-2H3,(H,25,26)/t21-/m1/s1. The third kappa shape index (κ3) is 3.75. The first-order valence-corrected chi connectivity index (χ1v) is 10.3. The Hall–Kier alpha value is -2.79. The van der Waals surface area contributed by atoms with Gasteiger partial charge in [-0.2, -0.15) is 0 Å². The third-order valence-electron chi connectivity index (χ3n) is 5.20. The molecule has 5 nitrogen and oxygen atoms in total. The van der Waals surface area contributed by atoms with Crippen LogP contribution in [-0.2, 0) is 9.53 Å². The molecular formula is C23H24ClN3O2. The predicted molar refractivity (Wildman–Crippen MR) is 116 cm³/mol. The molecule has 0 amide bonds. The van der Waals surface area contributed by atoms with Gasteiger partial charge in [0.1, 0.15) is 0 Å². The van der Waals surface area contributed by atoms with Crippen molar-refractivity contribution in [3.63, 3.8) is 0 Å². The summed E-state index contributed by atoms with van der Waals surface area (Å²) in [6.45, 7) is 4.44. The highest BCUT2D eigenvalue weighted by Crippen LogP contribution is 2.40. The summed E-state index contributed by atoms with van der Waals surface area (Å²) in [5, 5.41) is 3.92. The van der Waals surface area contributed by atoms with Gasteiger partial charge in [0.2, 0.25) is 5.95 Å². The van der Waals surface area contributed by atoms with Crippen molar-refractivity contribution in [3.8, 4) is 0 Å². The molecule has 6 heteroatoms. The highest BCUT2D eigenvalue weighted by Gasteiger charge is 2.35. The molecule has 4 rings (SSSR count). The summed E-state index contributed by atoms with van der Waals surface area (Å²) in [5.41, 5.74) is 4.07. The molecule has 0 bridgehead atoms. The van der Waals surface area contributed by atoms with Gasteiger partial charge in [-0.3, -0.25) is 4.57 Å². The molecule has 1 atom stereocenters. The lowest BCUT2D eigenvalue weighted by atomic mass is 9.95. The molecule has 3 aromatic rings. The van der Waals surface area contributed by atoms with Gasteiger partial charge in [0.05, 0.1) is 29.3 Å². The Morgan fingerprint density at radius 2 is 2.03 bits per heavy atom. The van der Waals surface area contributed by atoms with Crippen molar-refractivity contribution in [3.05, 3.63) is 70.4 Å². The van der Waals surface area contributed by atoms with Crippen molar-refractivity contribution in [1.29, 1.82) is 0 Å². The van der Waals surface area contributed by atoms with Crippen molar-refractivity contribution in [2.75, 3.05) is 11.9 Å². The van der Waals surface area contributed by atoms with Gasteiger partial charge in [0, 0.05) is 10.7 Å². The van der Waals surface area contributed by atoms with E-state index in [0.29, 0.717) is 23.2 Å². The van der Waals surface area contributed by atoms with Crippen molar-refractivity contribution in [1.82, 2.24) is 9.55 Å². The van der Waals surface area contributed by atoms with Crippen molar-refractivity contribution in [2.24, 2.45) is 0 Å². The number of hydrogen-bond acceptors (Lipinski definition) is 4. The van der Waals surface area contributed by atoms with E-state index >= 15 is 0 Å². The van der Waals surface area contributed by atoms with Gasteiger partial charge in [0.15, 0.2) is 0 Å². The normalized spacial score (nSPS) is 15.9. The minimum Gasteiger partial charge on any atom is -0.462 e. The van der Waals surface area contributed by atoms with Crippen LogP contribution in [0.4, 0.5) is 5.95 Å². The molecule has 1 aliphatic heterocycles. The van der Waals surface area contributed by atoms with E-state index in [4.69, 9.17) is 21.3 Å². The number of carbonyl (C=O) groups is 1. The average molecular weight is 410 g/mol. The van der Waals surface area contributed by atoms with Gasteiger partial charge in [-0.05, 0) is 43.2 Å². The van der Waals surface area contributed by atoms with Crippen molar-refractivity contribution >= 4 is 34.6 Å². The Labute approximate surface area is 175 Å². The number of rotatable bonds is 6. The Balaban J connectivity index is 1.81. The topological polar surface area (TPSA) is 56.1 Å². The molecule has 0 saturated heterocycles. The largest absolute Gasteiger partial charge is 0.462 e. The second-order valence-corrected chi connectivity index (χ2v) is 7.69. The molecule has 0 spiro atoms. The summed E-state index contributed by atoms with van der Waals surface area (Å²) < 4.78 is 7.69. The number of unbranched alkanes of at least 4 members (excludes halogenated alkanes) is 2. The van der Waals surface area contributed by atoms with Crippen LogP contribution in [0, 0.1) is 0 Å². The summed E-state index contributed by atoms with van der Waals surface area (Å²) in [6, 6.07) is 15.2. The molecule has 0 unspecified atom stereocenters. The zero-order chi connectivity index (χ0) is 20.4. The Kier molecular flexibility index (Phi) is 5.58. The van der Waals surface area contributed by atoms with Crippen molar-refractivity contribution < 1.29 is 9.53 Å². The summed E-state index contributed by atoms with van der Waals surface area (Å²) >= 11 is 6.29. The van der Waals surface area contributed by atoms with Crippen LogP contribution in [0.2, 0.25) is 5.02 Å². The van der Waals surface area contributed by atoms with Gasteiger partial charge in [-0.25, -0.2) is 9.78 Å². The summed E-state index contributed by atoms with van der Waals surface area (Å²) in [5.74, 6) is 0.399. The summed E-state index contributed by atoms with van der Waals surface area (Å²) in [7, 11) is 0. The number of halogens is 1. The fourth-order valence-corrected chi connectivity index (χ4v) is 4.01. The number of nitrogens with zero attached hydrogens (tertiary/aromatic N) is 2. The van der Waals surface area contributed by atoms with E-state index in [0.717, 1.165) is 41.6 Å². The average Bonchev–Trinajstić information content (AvgIpc) is 3.07. The smallest absolute Gasteiger partial charge is 0.338 e. The number of carbonyl (C=O) groups excluding carboxylic acids is 1. The Bertz CT molecular complexity index is 1090. The number of anilines is 1. The molecule has 0 saturated carbocycles. The van der Waals surface area contributed by atoms with E-state index in [-0.39, 0.29) is 12.0 Å². The van der Waals surface area contributed by atoms with Crippen LogP contribution in [0.3, 0.4) is 0 Å². The Morgan fingerprint density at radius 1 is 1.21 bits per heavy atom. The van der Waals surface area contributed by atoms with E-state index in [2.05, 4.69) is 16.8 Å². The second kappa shape index (κ2) is 8.29. The molecule has 0 radical (unpaired) electrons. The van der Waals surface area contributed by atoms with Crippen LogP contribution in [0.25, 0.3) is 11.0 Å². The minimum atomic E-state index is -0.365. The number of esters is 1. The van der Waals surface area contributed by atoms with Crippen LogP contribution in [-0.4, -0.2) is 22.1 Å². The number of ether oxygens (including phenoxy) is 1. The van der Waals surface area contributed by atoms with Crippen LogP contribution in [0.5, 0.6) is 0 Å². The van der Waals surface area contributed by atoms with Crippen LogP contribution in [0.15, 0.2) is 59.8 Å². The maximum atomic E-state index is 13.1. The first-order valence-electron chi connectivity index (χ1n) is 9.97. The molecule has 1 N–H and O–H groups in total. The monoisotopic (exact) mass is 409 g/mol. The number of fused-ring (bicyclic) bond motifs is 3. The highest BCUT2D eigenvalue weighted by molar-refractivity contribution is 6.30. The van der Waals surface area contributed by atoms with E-state index in [9.17, 15) is 4.79 Å². The number of hydrogen-bond donors (Lipinski definition) is 1. The lowest BCUT2D eigenvalue weighted by Gasteiger charge is -2.30. The van der Waals surface area contributed by atoms with E-state index in [1.54, 1.807) is 0 Å². The minimum absolute atomic E-state index is 0.306. The van der Waals surface area contributed by atoms with Gasteiger partial charge >= 0.3 is 5.97 Å². The molecule has 150 valence electrons. The van der Waals surface area contributed by atoms with Gasteiger partial charge in [-0.15, -0.1) is 0 Å². The first-order chi connectivity index (χ1) is 14.1. The van der Waals surface area contributed by atoms with E-state index < -0.39 is 0 Å². The van der Waals surface area contributed by atoms with Crippen LogP contribution < -0.4 is 5.32 Å². The zero-order valence-corrected chi connectivity index (χ0v) is 17.4. The second-order valence-electron chi connectivity index (χ2n) is 7.26. The number of aromatic nitrogens is 2. The lowest BCUT2D eigenvalue weighted by molar-refractivity contribution is -0.139. The molecule has 1 aliphatic rings. The number of imidazole rings is 1. The fraction of sp³-hybridized carbons (Fsp3) is 0.304.